The standard InChI is InChI=1S/C18H19FN4O3/c1-24-15-9-13-14(10-16(15)25-2)22-18(23-17(13)20)21-7-8-26-12-5-3-11(19)4-6-12/h3-6,9-10H,7-8H2,1-2H3,(H3,20,21,22,23). The van der Waals surface area contributed by atoms with Crippen molar-refractivity contribution >= 4 is 22.7 Å². The zero-order valence-electron chi connectivity index (χ0n) is 14.5. The Morgan fingerprint density at radius 1 is 1.04 bits per heavy atom. The monoisotopic (exact) mass is 358 g/mol. The van der Waals surface area contributed by atoms with Gasteiger partial charge in [0, 0.05) is 11.5 Å². The van der Waals surface area contributed by atoms with Crippen molar-refractivity contribution in [3.8, 4) is 17.2 Å². The molecule has 1 aromatic heterocycles. The number of anilines is 2. The third-order valence-corrected chi connectivity index (χ3v) is 3.70. The molecule has 0 spiro atoms. The molecule has 8 heteroatoms. The minimum Gasteiger partial charge on any atom is -0.493 e. The molecule has 7 nitrogen and oxygen atoms in total. The van der Waals surface area contributed by atoms with E-state index in [1.54, 1.807) is 38.5 Å². The fourth-order valence-corrected chi connectivity index (χ4v) is 2.42. The highest BCUT2D eigenvalue weighted by Gasteiger charge is 2.11. The molecule has 0 bridgehead atoms. The third-order valence-electron chi connectivity index (χ3n) is 3.70. The van der Waals surface area contributed by atoms with Gasteiger partial charge in [-0.05, 0) is 30.3 Å². The Labute approximate surface area is 149 Å². The zero-order chi connectivity index (χ0) is 18.5. The number of halogens is 1. The van der Waals surface area contributed by atoms with Crippen LogP contribution >= 0.6 is 0 Å². The molecule has 0 amide bonds. The molecule has 0 aliphatic heterocycles. The van der Waals surface area contributed by atoms with Crippen molar-refractivity contribution in [1.29, 1.82) is 0 Å². The van der Waals surface area contributed by atoms with Gasteiger partial charge >= 0.3 is 0 Å². The Balaban J connectivity index is 1.69. The summed E-state index contributed by atoms with van der Waals surface area (Å²) in [4.78, 5) is 8.68. The molecule has 0 fully saturated rings. The molecule has 3 N–H and O–H groups in total. The van der Waals surface area contributed by atoms with Crippen LogP contribution in [0.3, 0.4) is 0 Å². The summed E-state index contributed by atoms with van der Waals surface area (Å²) in [5.41, 5.74) is 6.66. The number of nitrogens with one attached hydrogen (secondary N) is 1. The van der Waals surface area contributed by atoms with Gasteiger partial charge in [0.15, 0.2) is 11.5 Å². The SMILES string of the molecule is COc1cc2nc(NCCOc3ccc(F)cc3)nc(N)c2cc1OC. The topological polar surface area (TPSA) is 91.5 Å². The molecule has 0 saturated heterocycles. The van der Waals surface area contributed by atoms with Crippen molar-refractivity contribution in [1.82, 2.24) is 9.97 Å². The summed E-state index contributed by atoms with van der Waals surface area (Å²) in [7, 11) is 3.11. The molecule has 0 aliphatic rings. The normalized spacial score (nSPS) is 10.6. The first-order valence-corrected chi connectivity index (χ1v) is 7.92. The first-order chi connectivity index (χ1) is 12.6. The highest BCUT2D eigenvalue weighted by atomic mass is 19.1. The molecule has 2 aromatic carbocycles. The maximum atomic E-state index is 12.9. The predicted octanol–water partition coefficient (Wildman–Crippen LogP) is 2.86. The largest absolute Gasteiger partial charge is 0.493 e. The van der Waals surface area contributed by atoms with Gasteiger partial charge in [-0.3, -0.25) is 0 Å². The van der Waals surface area contributed by atoms with Gasteiger partial charge in [-0.1, -0.05) is 0 Å². The van der Waals surface area contributed by atoms with Crippen LogP contribution in [0.15, 0.2) is 36.4 Å². The summed E-state index contributed by atoms with van der Waals surface area (Å²) in [6.07, 6.45) is 0. The van der Waals surface area contributed by atoms with Gasteiger partial charge in [0.05, 0.1) is 26.3 Å². The average molecular weight is 358 g/mol. The number of nitrogens with zero attached hydrogens (tertiary/aromatic N) is 2. The number of rotatable bonds is 7. The van der Waals surface area contributed by atoms with Crippen LogP contribution in [0.25, 0.3) is 10.9 Å². The lowest BCUT2D eigenvalue weighted by molar-refractivity contribution is 0.332. The Morgan fingerprint density at radius 3 is 2.42 bits per heavy atom. The van der Waals surface area contributed by atoms with Gasteiger partial charge in [0.1, 0.15) is 24.0 Å². The van der Waals surface area contributed by atoms with E-state index in [0.717, 1.165) is 0 Å². The molecule has 136 valence electrons. The van der Waals surface area contributed by atoms with Gasteiger partial charge in [-0.25, -0.2) is 9.37 Å². The van der Waals surface area contributed by atoms with Crippen molar-refractivity contribution in [2.75, 3.05) is 38.4 Å². The van der Waals surface area contributed by atoms with E-state index in [4.69, 9.17) is 19.9 Å². The maximum Gasteiger partial charge on any atom is 0.225 e. The van der Waals surface area contributed by atoms with E-state index in [-0.39, 0.29) is 5.82 Å². The van der Waals surface area contributed by atoms with Crippen LogP contribution in [-0.4, -0.2) is 37.3 Å². The average Bonchev–Trinajstić information content (AvgIpc) is 2.65. The van der Waals surface area contributed by atoms with E-state index in [2.05, 4.69) is 15.3 Å². The molecule has 1 heterocycles. The lowest BCUT2D eigenvalue weighted by Crippen LogP contribution is -2.14. The van der Waals surface area contributed by atoms with Gasteiger partial charge in [0.2, 0.25) is 5.95 Å². The van der Waals surface area contributed by atoms with Crippen LogP contribution in [0.4, 0.5) is 16.2 Å². The molecular weight excluding hydrogens is 339 g/mol. The molecule has 0 radical (unpaired) electrons. The number of nitrogen functional groups attached to an aromatic ring is 1. The van der Waals surface area contributed by atoms with E-state index in [9.17, 15) is 4.39 Å². The highest BCUT2D eigenvalue weighted by Crippen LogP contribution is 2.33. The Hall–Kier alpha value is -3.29. The number of fused-ring (bicyclic) bond motifs is 1. The molecule has 0 unspecified atom stereocenters. The van der Waals surface area contributed by atoms with E-state index in [0.29, 0.717) is 53.1 Å². The van der Waals surface area contributed by atoms with Gasteiger partial charge in [-0.15, -0.1) is 0 Å². The van der Waals surface area contributed by atoms with Gasteiger partial charge in [0.25, 0.3) is 0 Å². The second-order valence-electron chi connectivity index (χ2n) is 5.39. The number of nitrogens with two attached hydrogens (primary N) is 1. The van der Waals surface area contributed by atoms with Gasteiger partial charge in [-0.2, -0.15) is 4.98 Å². The smallest absolute Gasteiger partial charge is 0.225 e. The minimum atomic E-state index is -0.303. The van der Waals surface area contributed by atoms with Crippen molar-refractivity contribution in [3.63, 3.8) is 0 Å². The van der Waals surface area contributed by atoms with Crippen LogP contribution in [0.5, 0.6) is 17.2 Å². The van der Waals surface area contributed by atoms with Crippen LogP contribution in [-0.2, 0) is 0 Å². The minimum absolute atomic E-state index is 0.303. The number of ether oxygens (including phenoxy) is 3. The molecule has 0 saturated carbocycles. The number of hydrogen-bond donors (Lipinski definition) is 2. The summed E-state index contributed by atoms with van der Waals surface area (Å²) < 4.78 is 28.9. The van der Waals surface area contributed by atoms with Crippen molar-refractivity contribution < 1.29 is 18.6 Å². The number of methoxy groups -OCH3 is 2. The molecule has 0 aliphatic carbocycles. The van der Waals surface area contributed by atoms with E-state index < -0.39 is 0 Å². The Kier molecular flexibility index (Phi) is 5.21. The molecule has 0 atom stereocenters. The van der Waals surface area contributed by atoms with Crippen molar-refractivity contribution in [3.05, 3.63) is 42.2 Å². The quantitative estimate of drug-likeness (QED) is 0.628. The fraction of sp³-hybridized carbons (Fsp3) is 0.222. The molecule has 3 rings (SSSR count). The summed E-state index contributed by atoms with van der Waals surface area (Å²) >= 11 is 0. The highest BCUT2D eigenvalue weighted by molar-refractivity contribution is 5.91. The second-order valence-corrected chi connectivity index (χ2v) is 5.39. The van der Waals surface area contributed by atoms with Crippen LogP contribution < -0.4 is 25.3 Å². The molecule has 3 aromatic rings. The first-order valence-electron chi connectivity index (χ1n) is 7.92. The lowest BCUT2D eigenvalue weighted by Gasteiger charge is -2.12. The Morgan fingerprint density at radius 2 is 1.73 bits per heavy atom. The second kappa shape index (κ2) is 7.73. The van der Waals surface area contributed by atoms with E-state index in [1.807, 2.05) is 0 Å². The predicted molar refractivity (Wildman–Crippen MR) is 97.4 cm³/mol. The van der Waals surface area contributed by atoms with Crippen LogP contribution in [0.1, 0.15) is 0 Å². The third kappa shape index (κ3) is 3.85. The van der Waals surface area contributed by atoms with Gasteiger partial charge < -0.3 is 25.3 Å². The maximum absolute atomic E-state index is 12.9. The van der Waals surface area contributed by atoms with Crippen LogP contribution in [0, 0.1) is 5.82 Å². The lowest BCUT2D eigenvalue weighted by atomic mass is 10.2. The molecular formula is C18H19FN4O3. The summed E-state index contributed by atoms with van der Waals surface area (Å²) in [6, 6.07) is 9.31. The zero-order valence-corrected chi connectivity index (χ0v) is 14.5. The first kappa shape index (κ1) is 17.5. The van der Waals surface area contributed by atoms with Crippen molar-refractivity contribution in [2.45, 2.75) is 0 Å². The van der Waals surface area contributed by atoms with E-state index in [1.165, 1.54) is 12.1 Å². The summed E-state index contributed by atoms with van der Waals surface area (Å²) in [6.45, 7) is 0.814. The van der Waals surface area contributed by atoms with Crippen molar-refractivity contribution in [2.24, 2.45) is 0 Å². The summed E-state index contributed by atoms with van der Waals surface area (Å²) in [5.74, 6) is 2.11. The molecule has 26 heavy (non-hydrogen) atoms. The fourth-order valence-electron chi connectivity index (χ4n) is 2.42. The van der Waals surface area contributed by atoms with Crippen LogP contribution in [0.2, 0.25) is 0 Å². The number of aromatic nitrogens is 2. The number of benzene rings is 2. The van der Waals surface area contributed by atoms with E-state index >= 15 is 0 Å². The summed E-state index contributed by atoms with van der Waals surface area (Å²) in [5, 5.41) is 3.73. The Bertz CT molecular complexity index is 903. The number of hydrogen-bond acceptors (Lipinski definition) is 7.